The molecule has 0 bridgehead atoms. The first-order chi connectivity index (χ1) is 15.8. The van der Waals surface area contributed by atoms with Gasteiger partial charge in [-0.25, -0.2) is 4.57 Å². The number of nitrogens with two attached hydrogens (primary N) is 1. The summed E-state index contributed by atoms with van der Waals surface area (Å²) in [5.74, 6) is 1.20. The first kappa shape index (κ1) is 20.7. The van der Waals surface area contributed by atoms with Crippen LogP contribution in [0.25, 0.3) is 16.7 Å². The van der Waals surface area contributed by atoms with Crippen LogP contribution >= 0.6 is 0 Å². The Labute approximate surface area is 189 Å². The Balaban J connectivity index is 1.58. The van der Waals surface area contributed by atoms with E-state index in [1.165, 1.54) is 10.5 Å². The summed E-state index contributed by atoms with van der Waals surface area (Å²) < 4.78 is 13.9. The molecule has 9 heteroatoms. The predicted octanol–water partition coefficient (Wildman–Crippen LogP) is 2.27. The zero-order chi connectivity index (χ0) is 23.3. The van der Waals surface area contributed by atoms with Crippen molar-refractivity contribution < 1.29 is 18.8 Å². The minimum Gasteiger partial charge on any atom is -0.454 e. The Kier molecular flexibility index (Phi) is 4.88. The van der Waals surface area contributed by atoms with E-state index in [2.05, 4.69) is 5.32 Å². The fourth-order valence-electron chi connectivity index (χ4n) is 4.11. The molecule has 0 unspecified atom stereocenters. The van der Waals surface area contributed by atoms with E-state index in [1.807, 2.05) is 39.0 Å². The molecule has 0 aliphatic carbocycles. The lowest BCUT2D eigenvalue weighted by Gasteiger charge is -2.15. The highest BCUT2D eigenvalue weighted by molar-refractivity contribution is 6.00. The summed E-state index contributed by atoms with van der Waals surface area (Å²) in [5.41, 5.74) is 9.15. The van der Waals surface area contributed by atoms with Gasteiger partial charge in [-0.2, -0.15) is 0 Å². The van der Waals surface area contributed by atoms with Gasteiger partial charge in [0.05, 0.1) is 6.04 Å². The van der Waals surface area contributed by atoms with Gasteiger partial charge in [0.25, 0.3) is 17.1 Å². The molecule has 1 aliphatic heterocycles. The van der Waals surface area contributed by atoms with Crippen LogP contribution in [0.5, 0.6) is 11.5 Å². The monoisotopic (exact) mass is 446 g/mol. The SMILES string of the molecule is Cc1cccn2c(=O)c3cc(C(=O)NCc4ccc5c(c4)OCO5)c(N)[n+](C(C)C)c3nc12. The third kappa shape index (κ3) is 3.42. The molecule has 4 aromatic rings. The van der Waals surface area contributed by atoms with Crippen molar-refractivity contribution in [1.29, 1.82) is 0 Å². The molecule has 0 fully saturated rings. The maximum absolute atomic E-state index is 13.3. The number of ether oxygens (including phenoxy) is 2. The number of nitrogens with one attached hydrogen (secondary N) is 1. The van der Waals surface area contributed by atoms with Crippen molar-refractivity contribution in [3.63, 3.8) is 0 Å². The third-order valence-corrected chi connectivity index (χ3v) is 5.77. The highest BCUT2D eigenvalue weighted by atomic mass is 16.7. The molecular weight excluding hydrogens is 422 g/mol. The maximum Gasteiger partial charge on any atom is 0.278 e. The van der Waals surface area contributed by atoms with Gasteiger partial charge in [-0.15, -0.1) is 0 Å². The van der Waals surface area contributed by atoms with Crippen LogP contribution in [-0.2, 0) is 6.54 Å². The molecule has 9 nitrogen and oxygen atoms in total. The van der Waals surface area contributed by atoms with E-state index in [-0.39, 0.29) is 42.2 Å². The van der Waals surface area contributed by atoms with Gasteiger partial charge in [0, 0.05) is 18.3 Å². The highest BCUT2D eigenvalue weighted by Gasteiger charge is 2.26. The molecule has 0 atom stereocenters. The Morgan fingerprint density at radius 1 is 1.24 bits per heavy atom. The second-order valence-electron chi connectivity index (χ2n) is 8.32. The lowest BCUT2D eigenvalue weighted by atomic mass is 10.1. The number of benzene rings is 1. The number of hydrogen-bond donors (Lipinski definition) is 2. The molecule has 3 N–H and O–H groups in total. The number of hydrogen-bond acceptors (Lipinski definition) is 6. The zero-order valence-electron chi connectivity index (χ0n) is 18.6. The number of rotatable bonds is 4. The van der Waals surface area contributed by atoms with Gasteiger partial charge in [-0.1, -0.05) is 17.1 Å². The van der Waals surface area contributed by atoms with Gasteiger partial charge in [0.2, 0.25) is 18.3 Å². The minimum absolute atomic E-state index is 0.118. The number of carbonyl (C=O) groups is 1. The number of pyridine rings is 2. The van der Waals surface area contributed by atoms with Crippen LogP contribution in [0.3, 0.4) is 0 Å². The fourth-order valence-corrected chi connectivity index (χ4v) is 4.11. The first-order valence-corrected chi connectivity index (χ1v) is 10.7. The Hall–Kier alpha value is -4.14. The molecule has 0 saturated heterocycles. The quantitative estimate of drug-likeness (QED) is 0.367. The van der Waals surface area contributed by atoms with Gasteiger partial charge >= 0.3 is 0 Å². The van der Waals surface area contributed by atoms with Crippen molar-refractivity contribution in [3.8, 4) is 11.5 Å². The molecule has 1 aromatic carbocycles. The number of fused-ring (bicyclic) bond motifs is 3. The molecule has 4 heterocycles. The van der Waals surface area contributed by atoms with E-state index in [1.54, 1.807) is 22.9 Å². The molecule has 0 radical (unpaired) electrons. The Morgan fingerprint density at radius 3 is 2.82 bits per heavy atom. The van der Waals surface area contributed by atoms with Crippen LogP contribution in [0.15, 0.2) is 47.4 Å². The zero-order valence-corrected chi connectivity index (χ0v) is 18.6. The predicted molar refractivity (Wildman–Crippen MR) is 122 cm³/mol. The van der Waals surface area contributed by atoms with Gasteiger partial charge < -0.3 is 20.5 Å². The first-order valence-electron chi connectivity index (χ1n) is 10.7. The second-order valence-corrected chi connectivity index (χ2v) is 8.32. The van der Waals surface area contributed by atoms with Crippen LogP contribution in [0.4, 0.5) is 5.82 Å². The standard InChI is InChI=1S/C24H23N5O4/c1-13(2)29-20(25)16(23(30)26-11-15-6-7-18-19(9-15)33-12-32-18)10-17-22(29)27-21-14(3)5-4-8-28(21)24(17)31/h4-10,13,25H,11-12H2,1-3H3,(H,26,30)/p+1. The van der Waals surface area contributed by atoms with Gasteiger partial charge in [-0.05, 0) is 50.6 Å². The largest absolute Gasteiger partial charge is 0.454 e. The molecule has 1 amide bonds. The number of aryl methyl sites for hydroxylation is 1. The molecule has 1 aliphatic rings. The lowest BCUT2D eigenvalue weighted by Crippen LogP contribution is -2.44. The summed E-state index contributed by atoms with van der Waals surface area (Å²) in [5, 5.41) is 3.21. The number of carbonyl (C=O) groups excluding carboxylic acids is 1. The smallest absolute Gasteiger partial charge is 0.278 e. The van der Waals surface area contributed by atoms with E-state index in [0.717, 1.165) is 11.1 Å². The van der Waals surface area contributed by atoms with E-state index in [9.17, 15) is 9.59 Å². The average Bonchev–Trinajstić information content (AvgIpc) is 3.26. The van der Waals surface area contributed by atoms with E-state index in [0.29, 0.717) is 28.2 Å². The topological polar surface area (TPSA) is 112 Å². The molecule has 0 saturated carbocycles. The number of nitrogens with zero attached hydrogens (tertiary/aromatic N) is 3. The summed E-state index contributed by atoms with van der Waals surface area (Å²) in [6, 6.07) is 10.6. The molecule has 168 valence electrons. The maximum atomic E-state index is 13.3. The summed E-state index contributed by atoms with van der Waals surface area (Å²) >= 11 is 0. The third-order valence-electron chi connectivity index (χ3n) is 5.77. The van der Waals surface area contributed by atoms with Crippen LogP contribution in [0.2, 0.25) is 0 Å². The van der Waals surface area contributed by atoms with Crippen LogP contribution in [0.1, 0.15) is 41.4 Å². The van der Waals surface area contributed by atoms with Gasteiger partial charge in [-0.3, -0.25) is 14.0 Å². The number of anilines is 1. The summed E-state index contributed by atoms with van der Waals surface area (Å²) in [6.45, 7) is 6.22. The number of aromatic nitrogens is 3. The average molecular weight is 446 g/mol. The minimum atomic E-state index is -0.379. The fraction of sp³-hybridized carbons (Fsp3) is 0.250. The van der Waals surface area contributed by atoms with E-state index >= 15 is 0 Å². The van der Waals surface area contributed by atoms with Gasteiger partial charge in [0.1, 0.15) is 10.9 Å². The van der Waals surface area contributed by atoms with Crippen LogP contribution in [0, 0.1) is 6.92 Å². The molecule has 33 heavy (non-hydrogen) atoms. The van der Waals surface area contributed by atoms with Crippen molar-refractivity contribution in [2.45, 2.75) is 33.4 Å². The van der Waals surface area contributed by atoms with Crippen molar-refractivity contribution in [2.24, 2.45) is 0 Å². The highest BCUT2D eigenvalue weighted by Crippen LogP contribution is 2.32. The van der Waals surface area contributed by atoms with Gasteiger partial charge in [0.15, 0.2) is 11.5 Å². The van der Waals surface area contributed by atoms with Crippen molar-refractivity contribution in [3.05, 3.63) is 69.6 Å². The normalized spacial score (nSPS) is 12.6. The number of nitrogen functional groups attached to an aromatic ring is 1. The van der Waals surface area contributed by atoms with Crippen molar-refractivity contribution >= 4 is 28.4 Å². The van der Waals surface area contributed by atoms with E-state index < -0.39 is 0 Å². The summed E-state index contributed by atoms with van der Waals surface area (Å²) in [6.07, 6.45) is 1.67. The van der Waals surface area contributed by atoms with Crippen LogP contribution in [-0.4, -0.2) is 22.1 Å². The second kappa shape index (κ2) is 7.77. The lowest BCUT2D eigenvalue weighted by molar-refractivity contribution is -0.679. The van der Waals surface area contributed by atoms with Crippen molar-refractivity contribution in [2.75, 3.05) is 12.5 Å². The molecular formula is C24H24N5O4+. The number of amides is 1. The molecule has 3 aromatic heterocycles. The summed E-state index contributed by atoms with van der Waals surface area (Å²) in [4.78, 5) is 31.2. The van der Waals surface area contributed by atoms with E-state index in [4.69, 9.17) is 20.2 Å². The van der Waals surface area contributed by atoms with Crippen LogP contribution < -0.4 is 30.7 Å². The Morgan fingerprint density at radius 2 is 2.03 bits per heavy atom. The Bertz CT molecular complexity index is 1490. The van der Waals surface area contributed by atoms with Crippen molar-refractivity contribution in [1.82, 2.24) is 14.7 Å². The summed E-state index contributed by atoms with van der Waals surface area (Å²) in [7, 11) is 0. The molecule has 5 rings (SSSR count). The molecule has 0 spiro atoms.